The molecular formula is C20H31N3O3. The van der Waals surface area contributed by atoms with Crippen LogP contribution in [0, 0.1) is 0 Å². The van der Waals surface area contributed by atoms with Gasteiger partial charge in [0.25, 0.3) is 0 Å². The van der Waals surface area contributed by atoms with Crippen LogP contribution in [0.15, 0.2) is 18.2 Å². The molecule has 2 saturated heterocycles. The molecule has 26 heavy (non-hydrogen) atoms. The Kier molecular flexibility index (Phi) is 6.74. The molecule has 6 nitrogen and oxygen atoms in total. The van der Waals surface area contributed by atoms with Gasteiger partial charge >= 0.3 is 0 Å². The molecule has 0 radical (unpaired) electrons. The van der Waals surface area contributed by atoms with Crippen LogP contribution in [0.4, 0.5) is 5.69 Å². The molecule has 2 fully saturated rings. The largest absolute Gasteiger partial charge is 0.494 e. The van der Waals surface area contributed by atoms with Crippen LogP contribution in [0.25, 0.3) is 0 Å². The number of hydrogen-bond donors (Lipinski definition) is 1. The topological polar surface area (TPSA) is 54.0 Å². The first-order chi connectivity index (χ1) is 12.7. The van der Waals surface area contributed by atoms with Gasteiger partial charge in [0.1, 0.15) is 17.2 Å². The van der Waals surface area contributed by atoms with Gasteiger partial charge in [-0.1, -0.05) is 12.5 Å². The summed E-state index contributed by atoms with van der Waals surface area (Å²) in [7, 11) is 3.19. The third kappa shape index (κ3) is 4.68. The van der Waals surface area contributed by atoms with Gasteiger partial charge in [-0.05, 0) is 50.9 Å². The Balaban J connectivity index is 1.50. The predicted molar refractivity (Wildman–Crippen MR) is 103 cm³/mol. The van der Waals surface area contributed by atoms with E-state index >= 15 is 0 Å². The van der Waals surface area contributed by atoms with Crippen LogP contribution in [0.2, 0.25) is 0 Å². The van der Waals surface area contributed by atoms with Gasteiger partial charge in [-0.25, -0.2) is 0 Å². The molecule has 0 spiro atoms. The van der Waals surface area contributed by atoms with Gasteiger partial charge in [0.2, 0.25) is 5.91 Å². The fourth-order valence-corrected chi connectivity index (χ4v) is 4.08. The molecule has 3 rings (SSSR count). The number of rotatable bonds is 6. The predicted octanol–water partition coefficient (Wildman–Crippen LogP) is 2.59. The molecule has 0 bridgehead atoms. The minimum Gasteiger partial charge on any atom is -0.494 e. The maximum Gasteiger partial charge on any atom is 0.238 e. The molecule has 2 heterocycles. The lowest BCUT2D eigenvalue weighted by molar-refractivity contribution is -0.117. The Bertz CT molecular complexity index is 572. The lowest BCUT2D eigenvalue weighted by Gasteiger charge is -2.40. The number of ether oxygens (including phenoxy) is 2. The molecule has 6 heteroatoms. The summed E-state index contributed by atoms with van der Waals surface area (Å²) >= 11 is 0. The zero-order valence-corrected chi connectivity index (χ0v) is 16.0. The summed E-state index contributed by atoms with van der Waals surface area (Å²) in [6.07, 6.45) is 6.37. The number of carbonyl (C=O) groups is 1. The first-order valence-corrected chi connectivity index (χ1v) is 9.68. The number of amides is 1. The van der Waals surface area contributed by atoms with Crippen molar-refractivity contribution < 1.29 is 14.3 Å². The monoisotopic (exact) mass is 361 g/mol. The highest BCUT2D eigenvalue weighted by molar-refractivity contribution is 5.95. The first-order valence-electron chi connectivity index (χ1n) is 9.68. The number of nitrogens with zero attached hydrogens (tertiary/aromatic N) is 2. The van der Waals surface area contributed by atoms with Crippen LogP contribution in [0.5, 0.6) is 11.5 Å². The van der Waals surface area contributed by atoms with E-state index in [0.29, 0.717) is 29.8 Å². The smallest absolute Gasteiger partial charge is 0.238 e. The number of benzene rings is 1. The molecule has 0 atom stereocenters. The summed E-state index contributed by atoms with van der Waals surface area (Å²) < 4.78 is 10.7. The Hall–Kier alpha value is -1.79. The molecule has 144 valence electrons. The van der Waals surface area contributed by atoms with Crippen molar-refractivity contribution in [1.29, 1.82) is 0 Å². The van der Waals surface area contributed by atoms with Gasteiger partial charge in [0, 0.05) is 19.1 Å². The summed E-state index contributed by atoms with van der Waals surface area (Å²) in [6.45, 7) is 4.88. The number of likely N-dealkylation sites (tertiary alicyclic amines) is 2. The van der Waals surface area contributed by atoms with E-state index in [-0.39, 0.29) is 5.91 Å². The Labute approximate surface area is 156 Å². The van der Waals surface area contributed by atoms with Gasteiger partial charge < -0.3 is 19.7 Å². The quantitative estimate of drug-likeness (QED) is 0.844. The summed E-state index contributed by atoms with van der Waals surface area (Å²) in [5.74, 6) is 1.20. The number of carbonyl (C=O) groups excluding carboxylic acids is 1. The molecule has 0 aromatic heterocycles. The van der Waals surface area contributed by atoms with Crippen molar-refractivity contribution in [1.82, 2.24) is 9.80 Å². The van der Waals surface area contributed by atoms with E-state index in [4.69, 9.17) is 9.47 Å². The Morgan fingerprint density at radius 2 is 1.65 bits per heavy atom. The highest BCUT2D eigenvalue weighted by atomic mass is 16.5. The lowest BCUT2D eigenvalue weighted by atomic mass is 10.00. The second-order valence-corrected chi connectivity index (χ2v) is 7.19. The zero-order valence-electron chi connectivity index (χ0n) is 16.0. The van der Waals surface area contributed by atoms with Crippen molar-refractivity contribution >= 4 is 11.6 Å². The molecule has 1 aromatic carbocycles. The van der Waals surface area contributed by atoms with E-state index in [1.165, 1.54) is 32.4 Å². The van der Waals surface area contributed by atoms with E-state index in [2.05, 4.69) is 15.1 Å². The van der Waals surface area contributed by atoms with E-state index in [1.807, 2.05) is 18.2 Å². The molecular weight excluding hydrogens is 330 g/mol. The van der Waals surface area contributed by atoms with E-state index in [1.54, 1.807) is 14.2 Å². The van der Waals surface area contributed by atoms with Crippen molar-refractivity contribution in [3.63, 3.8) is 0 Å². The average Bonchev–Trinajstić information content (AvgIpc) is 2.69. The second kappa shape index (κ2) is 9.24. The fourth-order valence-electron chi connectivity index (χ4n) is 4.08. The number of anilines is 1. The molecule has 2 aliphatic rings. The second-order valence-electron chi connectivity index (χ2n) is 7.19. The zero-order chi connectivity index (χ0) is 18.4. The highest BCUT2D eigenvalue weighted by Crippen LogP contribution is 2.34. The summed E-state index contributed by atoms with van der Waals surface area (Å²) in [5, 5.41) is 2.96. The summed E-state index contributed by atoms with van der Waals surface area (Å²) in [5.41, 5.74) is 0.603. The van der Waals surface area contributed by atoms with Crippen molar-refractivity contribution in [3.8, 4) is 11.5 Å². The Morgan fingerprint density at radius 1 is 1.04 bits per heavy atom. The van der Waals surface area contributed by atoms with Gasteiger partial charge in [-0.2, -0.15) is 0 Å². The van der Waals surface area contributed by atoms with Gasteiger partial charge in [0.15, 0.2) is 0 Å². The van der Waals surface area contributed by atoms with Crippen LogP contribution < -0.4 is 14.8 Å². The van der Waals surface area contributed by atoms with Gasteiger partial charge in [-0.15, -0.1) is 0 Å². The third-order valence-corrected chi connectivity index (χ3v) is 5.52. The minimum absolute atomic E-state index is 0.0239. The van der Waals surface area contributed by atoms with Crippen LogP contribution in [-0.4, -0.2) is 68.7 Å². The van der Waals surface area contributed by atoms with Crippen LogP contribution in [0.3, 0.4) is 0 Å². The summed E-state index contributed by atoms with van der Waals surface area (Å²) in [6, 6.07) is 6.19. The molecule has 1 aromatic rings. The number of nitrogens with one attached hydrogen (secondary N) is 1. The van der Waals surface area contributed by atoms with Crippen molar-refractivity contribution in [2.24, 2.45) is 0 Å². The van der Waals surface area contributed by atoms with Crippen molar-refractivity contribution in [3.05, 3.63) is 18.2 Å². The number of para-hydroxylation sites is 1. The van der Waals surface area contributed by atoms with E-state index in [0.717, 1.165) is 25.9 Å². The van der Waals surface area contributed by atoms with Crippen LogP contribution >= 0.6 is 0 Å². The Morgan fingerprint density at radius 3 is 2.23 bits per heavy atom. The highest BCUT2D eigenvalue weighted by Gasteiger charge is 2.26. The number of piperidine rings is 2. The minimum atomic E-state index is -0.0239. The van der Waals surface area contributed by atoms with Crippen molar-refractivity contribution in [2.45, 2.75) is 38.1 Å². The molecule has 1 N–H and O–H groups in total. The maximum atomic E-state index is 12.5. The SMILES string of the molecule is COc1cccc(OC)c1NC(=O)CN1CCC(N2CCCCC2)CC1. The normalized spacial score (nSPS) is 19.9. The molecule has 2 aliphatic heterocycles. The lowest BCUT2D eigenvalue weighted by Crippen LogP contribution is -2.48. The maximum absolute atomic E-state index is 12.5. The fraction of sp³-hybridized carbons (Fsp3) is 0.650. The van der Waals surface area contributed by atoms with E-state index < -0.39 is 0 Å². The van der Waals surface area contributed by atoms with E-state index in [9.17, 15) is 4.79 Å². The van der Waals surface area contributed by atoms with Gasteiger partial charge in [-0.3, -0.25) is 9.69 Å². The van der Waals surface area contributed by atoms with Crippen LogP contribution in [0.1, 0.15) is 32.1 Å². The standard InChI is InChI=1S/C20H31N3O3/c1-25-17-7-6-8-18(26-2)20(17)21-19(24)15-22-13-9-16(10-14-22)23-11-4-3-5-12-23/h6-8,16H,3-5,9-15H2,1-2H3,(H,21,24). The average molecular weight is 361 g/mol. The molecule has 0 unspecified atom stereocenters. The summed E-state index contributed by atoms with van der Waals surface area (Å²) in [4.78, 5) is 17.4. The van der Waals surface area contributed by atoms with Gasteiger partial charge in [0.05, 0.1) is 20.8 Å². The molecule has 0 aliphatic carbocycles. The number of hydrogen-bond acceptors (Lipinski definition) is 5. The first kappa shape index (κ1) is 19.0. The third-order valence-electron chi connectivity index (χ3n) is 5.52. The molecule has 0 saturated carbocycles. The number of methoxy groups -OCH3 is 2. The van der Waals surface area contributed by atoms with Crippen LogP contribution in [-0.2, 0) is 4.79 Å². The van der Waals surface area contributed by atoms with Crippen molar-refractivity contribution in [2.75, 3.05) is 52.3 Å². The molecule has 1 amide bonds.